The van der Waals surface area contributed by atoms with Gasteiger partial charge >= 0.3 is 6.18 Å². The van der Waals surface area contributed by atoms with Crippen LogP contribution in [0.2, 0.25) is 0 Å². The number of thioether (sulfide) groups is 2. The van der Waals surface area contributed by atoms with E-state index in [0.29, 0.717) is 17.1 Å². The summed E-state index contributed by atoms with van der Waals surface area (Å²) in [5.74, 6) is -6.25. The number of halogens is 5. The Morgan fingerprint density at radius 3 is 2.11 bits per heavy atom. The molecule has 0 aromatic heterocycles. The van der Waals surface area contributed by atoms with Gasteiger partial charge in [0, 0.05) is 54.1 Å². The summed E-state index contributed by atoms with van der Waals surface area (Å²) in [5.41, 5.74) is 20.0. The Labute approximate surface area is 313 Å². The van der Waals surface area contributed by atoms with Gasteiger partial charge in [0.05, 0.1) is 40.0 Å². The Morgan fingerprint density at radius 1 is 0.906 bits per heavy atom. The summed E-state index contributed by atoms with van der Waals surface area (Å²) in [6, 6.07) is 5.19. The number of nitrogens with two attached hydrogens (primary N) is 4. The van der Waals surface area contributed by atoms with E-state index >= 15 is 8.78 Å². The smallest absolute Gasteiger partial charge is 0.370 e. The molecule has 0 fully saturated rings. The first-order valence-corrected chi connectivity index (χ1v) is 18.6. The van der Waals surface area contributed by atoms with Crippen LogP contribution in [0, 0.1) is 5.92 Å². The quantitative estimate of drug-likeness (QED) is 0.0280. The van der Waals surface area contributed by atoms with Crippen molar-refractivity contribution in [3.8, 4) is 0 Å². The molecule has 0 heterocycles. The fraction of sp³-hybridized carbons (Fsp3) is 0.441. The van der Waals surface area contributed by atoms with Crippen molar-refractivity contribution in [2.45, 2.75) is 68.3 Å². The van der Waals surface area contributed by atoms with E-state index < -0.39 is 53.3 Å². The van der Waals surface area contributed by atoms with E-state index in [1.807, 2.05) is 0 Å². The van der Waals surface area contributed by atoms with Crippen LogP contribution < -0.4 is 38.9 Å². The Morgan fingerprint density at radius 2 is 1.53 bits per heavy atom. The number of anilines is 3. The van der Waals surface area contributed by atoms with Crippen LogP contribution in [0.5, 0.6) is 0 Å². The number of hydrogen-bond acceptors (Lipinski definition) is 9. The van der Waals surface area contributed by atoms with Crippen LogP contribution in [0.25, 0.3) is 0 Å². The van der Waals surface area contributed by atoms with Crippen LogP contribution in [-0.4, -0.2) is 61.0 Å². The minimum atomic E-state index is -4.68. The number of nitrogens with one attached hydrogen (secondary N) is 3. The highest BCUT2D eigenvalue weighted by Crippen LogP contribution is 2.43. The fourth-order valence-corrected chi connectivity index (χ4v) is 6.17. The molecule has 12 nitrogen and oxygen atoms in total. The van der Waals surface area contributed by atoms with Crippen molar-refractivity contribution in [3.05, 3.63) is 53.2 Å². The molecule has 3 amide bonds. The molecule has 0 aliphatic rings. The van der Waals surface area contributed by atoms with E-state index in [1.165, 1.54) is 32.2 Å². The van der Waals surface area contributed by atoms with Crippen LogP contribution in [0.1, 0.15) is 57.6 Å². The molecule has 2 aromatic carbocycles. The second-order valence-electron chi connectivity index (χ2n) is 11.5. The number of guanidine groups is 1. The molecule has 1 unspecified atom stereocenters. The molecule has 0 bridgehead atoms. The van der Waals surface area contributed by atoms with Gasteiger partial charge in [0.1, 0.15) is 5.70 Å². The van der Waals surface area contributed by atoms with Crippen molar-refractivity contribution in [2.24, 2.45) is 38.8 Å². The SMILES string of the molecule is CC=N/C(=C\C(C)C(=O)Nc1cc(C(F)(F)CCCC)cc(NC(=O)CCN=C(N)N)c1SCCN)C(=O)Nc1cc(C(F)(F)F)ccc1SCCN. The number of benzene rings is 2. The maximum Gasteiger partial charge on any atom is 0.416 e. The Hall–Kier alpha value is -4.20. The van der Waals surface area contributed by atoms with Crippen LogP contribution >= 0.6 is 23.5 Å². The zero-order valence-electron chi connectivity index (χ0n) is 29.6. The third-order valence-corrected chi connectivity index (χ3v) is 9.41. The minimum Gasteiger partial charge on any atom is -0.370 e. The second-order valence-corrected chi connectivity index (χ2v) is 13.7. The number of unbranched alkanes of at least 4 members (excludes halogenated alkanes) is 1. The largest absolute Gasteiger partial charge is 0.416 e. The van der Waals surface area contributed by atoms with Crippen molar-refractivity contribution in [2.75, 3.05) is 47.1 Å². The molecule has 2 rings (SSSR count). The van der Waals surface area contributed by atoms with Gasteiger partial charge < -0.3 is 38.9 Å². The number of amides is 3. The van der Waals surface area contributed by atoms with Crippen molar-refractivity contribution in [1.82, 2.24) is 0 Å². The average molecular weight is 788 g/mol. The van der Waals surface area contributed by atoms with Crippen LogP contribution in [0.4, 0.5) is 39.0 Å². The van der Waals surface area contributed by atoms with Crippen molar-refractivity contribution in [3.63, 3.8) is 0 Å². The first kappa shape index (κ1) is 45.0. The van der Waals surface area contributed by atoms with E-state index in [0.717, 1.165) is 47.8 Å². The topological polar surface area (TPSA) is 216 Å². The van der Waals surface area contributed by atoms with Gasteiger partial charge in [-0.3, -0.25) is 24.4 Å². The third kappa shape index (κ3) is 14.6. The lowest BCUT2D eigenvalue weighted by atomic mass is 10.0. The van der Waals surface area contributed by atoms with Crippen molar-refractivity contribution in [1.29, 1.82) is 0 Å². The predicted molar refractivity (Wildman–Crippen MR) is 203 cm³/mol. The number of carbonyl (C=O) groups is 3. The van der Waals surface area contributed by atoms with E-state index in [1.54, 1.807) is 6.92 Å². The fourth-order valence-electron chi connectivity index (χ4n) is 4.55. The van der Waals surface area contributed by atoms with Crippen LogP contribution in [0.15, 0.2) is 61.9 Å². The van der Waals surface area contributed by atoms with Gasteiger partial charge in [0.25, 0.3) is 11.8 Å². The van der Waals surface area contributed by atoms with Gasteiger partial charge in [0.2, 0.25) is 11.8 Å². The monoisotopic (exact) mass is 787 g/mol. The minimum absolute atomic E-state index is 0.00497. The molecule has 0 saturated heterocycles. The molecule has 0 aliphatic heterocycles. The molecule has 0 radical (unpaired) electrons. The van der Waals surface area contributed by atoms with Crippen molar-refractivity contribution < 1.29 is 36.3 Å². The van der Waals surface area contributed by atoms with E-state index in [-0.39, 0.29) is 71.8 Å². The molecule has 292 valence electrons. The Bertz CT molecular complexity index is 1670. The molecule has 0 saturated carbocycles. The molecule has 11 N–H and O–H groups in total. The summed E-state index contributed by atoms with van der Waals surface area (Å²) in [6.45, 7) is 5.03. The standard InChI is InChI=1S/C34H46F5N9O3S2/c1-4-6-10-33(35,36)22-18-24(46-28(49)9-13-45-32(42)43)29(53-15-12-41)25(19-22)48-30(50)20(3)16-26(44-5-2)31(51)47-23-17-21(34(37,38)39)7-8-27(23)52-14-11-40/h5,7-8,16-20H,4,6,9-15,40-41H2,1-3H3,(H,46,49)(H,47,51)(H,48,50)(H4,42,43,45)/b26-16-,44-5?. The van der Waals surface area contributed by atoms with Crippen LogP contribution in [0.3, 0.4) is 0 Å². The lowest BCUT2D eigenvalue weighted by molar-refractivity contribution is -0.137. The maximum absolute atomic E-state index is 15.5. The number of rotatable bonds is 20. The Kier molecular flexibility index (Phi) is 18.2. The van der Waals surface area contributed by atoms with Gasteiger partial charge in [-0.05, 0) is 56.7 Å². The first-order chi connectivity index (χ1) is 25.0. The van der Waals surface area contributed by atoms with Gasteiger partial charge in [0.15, 0.2) is 5.96 Å². The average Bonchev–Trinajstić information content (AvgIpc) is 3.08. The summed E-state index contributed by atoms with van der Waals surface area (Å²) < 4.78 is 71.5. The van der Waals surface area contributed by atoms with Gasteiger partial charge in [-0.1, -0.05) is 13.3 Å². The van der Waals surface area contributed by atoms with Crippen LogP contribution in [-0.2, 0) is 26.5 Å². The summed E-state index contributed by atoms with van der Waals surface area (Å²) >= 11 is 2.26. The van der Waals surface area contributed by atoms with Crippen molar-refractivity contribution >= 4 is 70.5 Å². The molecule has 0 spiro atoms. The summed E-state index contributed by atoms with van der Waals surface area (Å²) in [6.07, 6.45) is -2.19. The first-order valence-electron chi connectivity index (χ1n) is 16.6. The number of carbonyl (C=O) groups excluding carboxylic acids is 3. The number of aliphatic imine (C=N–C) groups is 2. The van der Waals surface area contributed by atoms with E-state index in [9.17, 15) is 27.6 Å². The molecule has 0 aliphatic carbocycles. The molecular weight excluding hydrogens is 742 g/mol. The lowest BCUT2D eigenvalue weighted by Crippen LogP contribution is -2.24. The van der Waals surface area contributed by atoms with Gasteiger partial charge in [-0.2, -0.15) is 13.2 Å². The van der Waals surface area contributed by atoms with Gasteiger partial charge in [-0.15, -0.1) is 23.5 Å². The van der Waals surface area contributed by atoms with E-state index in [4.69, 9.17) is 22.9 Å². The highest BCUT2D eigenvalue weighted by Gasteiger charge is 2.34. The molecule has 1 atom stereocenters. The number of nitrogens with zero attached hydrogens (tertiary/aromatic N) is 2. The zero-order valence-corrected chi connectivity index (χ0v) is 31.3. The second kappa shape index (κ2) is 21.5. The predicted octanol–water partition coefficient (Wildman–Crippen LogP) is 5.88. The molecular formula is C34H46F5N9O3S2. The third-order valence-electron chi connectivity index (χ3n) is 7.14. The lowest BCUT2D eigenvalue weighted by Gasteiger charge is -2.23. The number of alkyl halides is 5. The number of hydrogen-bond donors (Lipinski definition) is 7. The molecule has 19 heteroatoms. The zero-order chi connectivity index (χ0) is 39.8. The molecule has 2 aromatic rings. The maximum atomic E-state index is 15.5. The highest BCUT2D eigenvalue weighted by atomic mass is 32.2. The summed E-state index contributed by atoms with van der Waals surface area (Å²) in [5, 5.41) is 7.72. The normalized spacial score (nSPS) is 12.8. The summed E-state index contributed by atoms with van der Waals surface area (Å²) in [4.78, 5) is 48.2. The Balaban J connectivity index is 2.55. The molecule has 53 heavy (non-hydrogen) atoms. The van der Waals surface area contributed by atoms with Gasteiger partial charge in [-0.25, -0.2) is 8.78 Å². The highest BCUT2D eigenvalue weighted by molar-refractivity contribution is 7.99. The summed E-state index contributed by atoms with van der Waals surface area (Å²) in [7, 11) is 0. The van der Waals surface area contributed by atoms with E-state index in [2.05, 4.69) is 25.9 Å².